The Balaban J connectivity index is 1.81. The van der Waals surface area contributed by atoms with Crippen molar-refractivity contribution in [1.82, 2.24) is 4.90 Å². The summed E-state index contributed by atoms with van der Waals surface area (Å²) in [7, 11) is 1.69. The molecule has 1 aromatic rings. The quantitative estimate of drug-likeness (QED) is 0.686. The minimum atomic E-state index is 0.0576. The summed E-state index contributed by atoms with van der Waals surface area (Å²) in [6.45, 7) is 5.74. The molecule has 3 rings (SSSR count). The molecule has 5 nitrogen and oxygen atoms in total. The second kappa shape index (κ2) is 7.43. The fourth-order valence-corrected chi connectivity index (χ4v) is 3.39. The molecule has 1 aliphatic heterocycles. The number of methoxy groups -OCH3 is 1. The summed E-state index contributed by atoms with van der Waals surface area (Å²) in [5.74, 6) is 1.80. The Kier molecular flexibility index (Phi) is 5.29. The smallest absolute Gasteiger partial charge is 0.220 e. The topological polar surface area (TPSA) is 48.0 Å². The van der Waals surface area contributed by atoms with Gasteiger partial charge in [0, 0.05) is 45.1 Å². The molecule has 24 heavy (non-hydrogen) atoms. The highest BCUT2D eigenvalue weighted by molar-refractivity contribution is 5.74. The molecular weight excluding hydrogens is 306 g/mol. The van der Waals surface area contributed by atoms with Crippen LogP contribution in [-0.2, 0) is 16.0 Å². The van der Waals surface area contributed by atoms with E-state index in [4.69, 9.17) is 14.2 Å². The Morgan fingerprint density at radius 2 is 2.17 bits per heavy atom. The number of rotatable bonds is 8. The van der Waals surface area contributed by atoms with E-state index in [2.05, 4.69) is 13.0 Å². The van der Waals surface area contributed by atoms with E-state index in [1.54, 1.807) is 14.0 Å². The maximum atomic E-state index is 12.1. The zero-order valence-electron chi connectivity index (χ0n) is 14.8. The summed E-state index contributed by atoms with van der Waals surface area (Å²) in [5, 5.41) is 0. The maximum absolute atomic E-state index is 12.1. The molecule has 0 N–H and O–H groups in total. The number of benzene rings is 1. The average Bonchev–Trinajstić information content (AvgIpc) is 3.26. The normalized spacial score (nSPS) is 17.1. The number of nitrogens with zero attached hydrogens (tertiary/aromatic N) is 1. The molecule has 1 aliphatic carbocycles. The molecule has 1 fully saturated rings. The van der Waals surface area contributed by atoms with Gasteiger partial charge in [0.05, 0.1) is 19.3 Å². The third-order valence-corrected chi connectivity index (χ3v) is 4.73. The lowest BCUT2D eigenvalue weighted by Crippen LogP contribution is -2.33. The van der Waals surface area contributed by atoms with Crippen molar-refractivity contribution in [1.29, 1.82) is 0 Å². The van der Waals surface area contributed by atoms with Gasteiger partial charge >= 0.3 is 0 Å². The van der Waals surface area contributed by atoms with Gasteiger partial charge in [-0.15, -0.1) is 0 Å². The molecule has 0 radical (unpaired) electrons. The highest BCUT2D eigenvalue weighted by Gasteiger charge is 2.35. The minimum absolute atomic E-state index is 0.0576. The molecule has 0 aromatic heterocycles. The summed E-state index contributed by atoms with van der Waals surface area (Å²) in [4.78, 5) is 14.1. The number of hydrogen-bond acceptors (Lipinski definition) is 4. The number of hydrogen-bond donors (Lipinski definition) is 0. The molecule has 1 heterocycles. The summed E-state index contributed by atoms with van der Waals surface area (Å²) in [5.41, 5.74) is 2.31. The minimum Gasteiger partial charge on any atom is -0.490 e. The van der Waals surface area contributed by atoms with Crippen LogP contribution in [0.5, 0.6) is 11.5 Å². The first-order chi connectivity index (χ1) is 11.6. The van der Waals surface area contributed by atoms with Crippen LogP contribution in [0.3, 0.4) is 0 Å². The molecule has 1 saturated carbocycles. The van der Waals surface area contributed by atoms with Gasteiger partial charge in [0.25, 0.3) is 0 Å². The van der Waals surface area contributed by atoms with E-state index in [-0.39, 0.29) is 11.9 Å². The largest absolute Gasteiger partial charge is 0.490 e. The third kappa shape index (κ3) is 3.66. The first-order valence-electron chi connectivity index (χ1n) is 8.82. The van der Waals surface area contributed by atoms with Crippen molar-refractivity contribution in [3.63, 3.8) is 0 Å². The molecule has 5 heteroatoms. The van der Waals surface area contributed by atoms with E-state index in [1.165, 1.54) is 5.56 Å². The van der Waals surface area contributed by atoms with Crippen LogP contribution < -0.4 is 9.47 Å². The first-order valence-corrected chi connectivity index (χ1v) is 8.82. The van der Waals surface area contributed by atoms with Gasteiger partial charge in [-0.05, 0) is 37.5 Å². The van der Waals surface area contributed by atoms with Crippen LogP contribution in [-0.4, -0.2) is 43.8 Å². The number of ether oxygens (including phenoxy) is 3. The SMILES string of the molecule is COCCCOc1cc(C(C)N(C(C)=O)C2CC2)cc2c1OCC2. The van der Waals surface area contributed by atoms with Gasteiger partial charge in [-0.1, -0.05) is 0 Å². The third-order valence-electron chi connectivity index (χ3n) is 4.73. The number of fused-ring (bicyclic) bond motifs is 1. The van der Waals surface area contributed by atoms with Crippen LogP contribution >= 0.6 is 0 Å². The van der Waals surface area contributed by atoms with Crippen molar-refractivity contribution < 1.29 is 19.0 Å². The predicted molar refractivity (Wildman–Crippen MR) is 91.6 cm³/mol. The Morgan fingerprint density at radius 3 is 2.83 bits per heavy atom. The van der Waals surface area contributed by atoms with E-state index in [0.717, 1.165) is 42.7 Å². The molecule has 0 bridgehead atoms. The summed E-state index contributed by atoms with van der Waals surface area (Å²) < 4.78 is 16.8. The molecule has 1 unspecified atom stereocenters. The van der Waals surface area contributed by atoms with Crippen LogP contribution in [0.25, 0.3) is 0 Å². The van der Waals surface area contributed by atoms with Gasteiger partial charge in [-0.25, -0.2) is 0 Å². The van der Waals surface area contributed by atoms with Crippen molar-refractivity contribution in [2.45, 2.75) is 51.6 Å². The molecule has 1 atom stereocenters. The first kappa shape index (κ1) is 17.1. The Morgan fingerprint density at radius 1 is 1.38 bits per heavy atom. The fraction of sp³-hybridized carbons (Fsp3) is 0.632. The van der Waals surface area contributed by atoms with Crippen molar-refractivity contribution in [3.05, 3.63) is 23.3 Å². The number of carbonyl (C=O) groups excluding carboxylic acids is 1. The van der Waals surface area contributed by atoms with Crippen molar-refractivity contribution in [2.24, 2.45) is 0 Å². The molecule has 2 aliphatic rings. The number of carbonyl (C=O) groups is 1. The lowest BCUT2D eigenvalue weighted by Gasteiger charge is -2.29. The van der Waals surface area contributed by atoms with E-state index < -0.39 is 0 Å². The highest BCUT2D eigenvalue weighted by Crippen LogP contribution is 2.41. The van der Waals surface area contributed by atoms with Crippen molar-refractivity contribution in [2.75, 3.05) is 26.9 Å². The van der Waals surface area contributed by atoms with Gasteiger partial charge in [0.2, 0.25) is 5.91 Å². The van der Waals surface area contributed by atoms with E-state index >= 15 is 0 Å². The molecule has 0 saturated heterocycles. The molecular formula is C19H27NO4. The van der Waals surface area contributed by atoms with E-state index in [9.17, 15) is 4.79 Å². The molecule has 0 spiro atoms. The van der Waals surface area contributed by atoms with Crippen LogP contribution in [0.4, 0.5) is 0 Å². The average molecular weight is 333 g/mol. The van der Waals surface area contributed by atoms with Gasteiger partial charge in [0.1, 0.15) is 0 Å². The van der Waals surface area contributed by atoms with Crippen LogP contribution in [0.1, 0.15) is 50.3 Å². The van der Waals surface area contributed by atoms with Gasteiger partial charge in [0.15, 0.2) is 11.5 Å². The predicted octanol–water partition coefficient (Wildman–Crippen LogP) is 3.11. The number of amides is 1. The van der Waals surface area contributed by atoms with Gasteiger partial charge in [-0.3, -0.25) is 4.79 Å². The van der Waals surface area contributed by atoms with Crippen molar-refractivity contribution in [3.8, 4) is 11.5 Å². The van der Waals surface area contributed by atoms with Crippen LogP contribution in [0.15, 0.2) is 12.1 Å². The molecule has 1 aromatic carbocycles. The fourth-order valence-electron chi connectivity index (χ4n) is 3.39. The van der Waals surface area contributed by atoms with E-state index in [1.807, 2.05) is 11.0 Å². The summed E-state index contributed by atoms with van der Waals surface area (Å²) in [6, 6.07) is 4.67. The lowest BCUT2D eigenvalue weighted by molar-refractivity contribution is -0.131. The van der Waals surface area contributed by atoms with Gasteiger partial charge < -0.3 is 19.1 Å². The highest BCUT2D eigenvalue weighted by atomic mass is 16.5. The standard InChI is InChI=1S/C19H27NO4/c1-13(20(14(2)21)17-5-6-17)16-11-15-7-10-24-19(15)18(12-16)23-9-4-8-22-3/h11-13,17H,4-10H2,1-3H3. The zero-order chi connectivity index (χ0) is 17.1. The maximum Gasteiger partial charge on any atom is 0.220 e. The van der Waals surface area contributed by atoms with Crippen LogP contribution in [0, 0.1) is 0 Å². The summed E-state index contributed by atoms with van der Waals surface area (Å²) in [6.07, 6.45) is 3.96. The zero-order valence-corrected chi connectivity index (χ0v) is 14.8. The molecule has 1 amide bonds. The Bertz CT molecular complexity index is 597. The van der Waals surface area contributed by atoms with Crippen molar-refractivity contribution >= 4 is 5.91 Å². The second-order valence-corrected chi connectivity index (χ2v) is 6.63. The monoisotopic (exact) mass is 333 g/mol. The Labute approximate surface area is 143 Å². The lowest BCUT2D eigenvalue weighted by atomic mass is 10.0. The van der Waals surface area contributed by atoms with Crippen LogP contribution in [0.2, 0.25) is 0 Å². The Hall–Kier alpha value is -1.75. The molecule has 132 valence electrons. The second-order valence-electron chi connectivity index (χ2n) is 6.63. The van der Waals surface area contributed by atoms with Gasteiger partial charge in [-0.2, -0.15) is 0 Å². The summed E-state index contributed by atoms with van der Waals surface area (Å²) >= 11 is 0. The van der Waals surface area contributed by atoms with E-state index in [0.29, 0.717) is 25.9 Å².